The average molecular weight is 569 g/mol. The molecule has 0 aliphatic rings. The summed E-state index contributed by atoms with van der Waals surface area (Å²) in [5.41, 5.74) is -0.764. The molecular weight excluding hydrogens is 550 g/mol. The molecule has 14 heteroatoms. The van der Waals surface area contributed by atoms with E-state index in [1.54, 1.807) is 0 Å². The van der Waals surface area contributed by atoms with Crippen LogP contribution in [0.4, 0.5) is 35.0 Å². The van der Waals surface area contributed by atoms with E-state index in [0.717, 1.165) is 24.3 Å². The van der Waals surface area contributed by atoms with Crippen molar-refractivity contribution in [3.63, 3.8) is 0 Å². The summed E-state index contributed by atoms with van der Waals surface area (Å²) in [4.78, 5) is 24.8. The fraction of sp³-hybridized carbons (Fsp3) is 0.0400. The SMILES string of the molecule is O=C(Nc1cccc(C(=O)Nc2ccc(S(=O)(=O)O)c3cccc(O)c23)c1)Nc1cccc(C(F)(F)F)c1.[H-].[Na+]. The Bertz CT molecular complexity index is 1690. The molecule has 0 aliphatic carbocycles. The van der Waals surface area contributed by atoms with E-state index in [2.05, 4.69) is 16.0 Å². The maximum Gasteiger partial charge on any atom is 1.00 e. The molecule has 0 unspecified atom stereocenters. The maximum absolute atomic E-state index is 12.9. The van der Waals surface area contributed by atoms with Crippen molar-refractivity contribution in [1.82, 2.24) is 0 Å². The summed E-state index contributed by atoms with van der Waals surface area (Å²) in [6, 6.07) is 15.1. The van der Waals surface area contributed by atoms with Crippen molar-refractivity contribution in [2.24, 2.45) is 0 Å². The molecule has 5 N–H and O–H groups in total. The summed E-state index contributed by atoms with van der Waals surface area (Å²) < 4.78 is 71.6. The number of amides is 3. The van der Waals surface area contributed by atoms with Crippen molar-refractivity contribution >= 4 is 49.9 Å². The van der Waals surface area contributed by atoms with Gasteiger partial charge < -0.3 is 22.5 Å². The summed E-state index contributed by atoms with van der Waals surface area (Å²) >= 11 is 0. The van der Waals surface area contributed by atoms with Gasteiger partial charge in [0, 0.05) is 27.7 Å². The topological polar surface area (TPSA) is 145 Å². The Labute approximate surface area is 243 Å². The first kappa shape index (κ1) is 29.9. The zero-order chi connectivity index (χ0) is 27.7. The number of carbonyl (C=O) groups excluding carboxylic acids is 2. The predicted octanol–water partition coefficient (Wildman–Crippen LogP) is 2.82. The van der Waals surface area contributed by atoms with Gasteiger partial charge in [-0.05, 0) is 54.6 Å². The van der Waals surface area contributed by atoms with E-state index in [1.807, 2.05) is 0 Å². The van der Waals surface area contributed by atoms with Gasteiger partial charge in [0.15, 0.2) is 0 Å². The molecule has 0 aliphatic heterocycles. The zero-order valence-corrected chi connectivity index (χ0v) is 22.9. The Morgan fingerprint density at radius 1 is 0.821 bits per heavy atom. The van der Waals surface area contributed by atoms with Crippen LogP contribution in [0.15, 0.2) is 83.8 Å². The van der Waals surface area contributed by atoms with E-state index in [9.17, 15) is 40.8 Å². The Morgan fingerprint density at radius 3 is 2.08 bits per heavy atom. The minimum Gasteiger partial charge on any atom is -1.00 e. The number of phenols is 1. The largest absolute Gasteiger partial charge is 1.00 e. The first-order valence-corrected chi connectivity index (χ1v) is 12.2. The number of carbonyl (C=O) groups is 2. The molecule has 0 bridgehead atoms. The fourth-order valence-electron chi connectivity index (χ4n) is 3.69. The van der Waals surface area contributed by atoms with Gasteiger partial charge >= 0.3 is 41.8 Å². The Morgan fingerprint density at radius 2 is 1.44 bits per heavy atom. The van der Waals surface area contributed by atoms with E-state index in [-0.39, 0.29) is 70.1 Å². The number of aromatic hydroxyl groups is 1. The van der Waals surface area contributed by atoms with Gasteiger partial charge in [-0.3, -0.25) is 9.35 Å². The van der Waals surface area contributed by atoms with Crippen LogP contribution in [0, 0.1) is 0 Å². The number of alkyl halides is 3. The molecule has 0 saturated heterocycles. The van der Waals surface area contributed by atoms with Gasteiger partial charge in [0.2, 0.25) is 0 Å². The third-order valence-corrected chi connectivity index (χ3v) is 6.25. The number of anilines is 3. The van der Waals surface area contributed by atoms with Gasteiger partial charge in [0.25, 0.3) is 16.0 Å². The number of rotatable bonds is 5. The van der Waals surface area contributed by atoms with E-state index < -0.39 is 38.7 Å². The summed E-state index contributed by atoms with van der Waals surface area (Å²) in [6.45, 7) is 0. The van der Waals surface area contributed by atoms with Crippen LogP contribution in [-0.2, 0) is 16.3 Å². The molecule has 0 saturated carbocycles. The van der Waals surface area contributed by atoms with Gasteiger partial charge in [-0.15, -0.1) is 0 Å². The first-order valence-electron chi connectivity index (χ1n) is 10.7. The molecule has 4 aromatic rings. The molecule has 0 fully saturated rings. The van der Waals surface area contributed by atoms with Gasteiger partial charge in [-0.1, -0.05) is 24.3 Å². The predicted molar refractivity (Wildman–Crippen MR) is 135 cm³/mol. The van der Waals surface area contributed by atoms with Crippen LogP contribution in [0.3, 0.4) is 0 Å². The molecule has 3 amide bonds. The molecule has 9 nitrogen and oxygen atoms in total. The third kappa shape index (κ3) is 7.07. The van der Waals surface area contributed by atoms with Gasteiger partial charge in [-0.25, -0.2) is 4.79 Å². The number of hydrogen-bond donors (Lipinski definition) is 5. The van der Waals surface area contributed by atoms with Gasteiger partial charge in [-0.2, -0.15) is 21.6 Å². The molecule has 39 heavy (non-hydrogen) atoms. The van der Waals surface area contributed by atoms with Gasteiger partial charge in [0.1, 0.15) is 10.6 Å². The van der Waals surface area contributed by atoms with Crippen molar-refractivity contribution in [2.75, 3.05) is 16.0 Å². The van der Waals surface area contributed by atoms with Crippen LogP contribution in [0.25, 0.3) is 10.8 Å². The summed E-state index contributed by atoms with van der Waals surface area (Å²) in [6.07, 6.45) is -4.58. The van der Waals surface area contributed by atoms with Crippen molar-refractivity contribution < 1.29 is 71.8 Å². The number of halogens is 3. The molecule has 4 rings (SSSR count). The van der Waals surface area contributed by atoms with E-state index in [4.69, 9.17) is 0 Å². The van der Waals surface area contributed by atoms with E-state index in [0.29, 0.717) is 0 Å². The molecular formula is C25H19F3N3NaO6S. The normalized spacial score (nSPS) is 11.4. The van der Waals surface area contributed by atoms with Crippen LogP contribution in [0.5, 0.6) is 5.75 Å². The van der Waals surface area contributed by atoms with Crippen LogP contribution >= 0.6 is 0 Å². The van der Waals surface area contributed by atoms with Crippen molar-refractivity contribution in [1.29, 1.82) is 0 Å². The van der Waals surface area contributed by atoms with E-state index in [1.165, 1.54) is 54.6 Å². The van der Waals surface area contributed by atoms with Crippen LogP contribution in [-0.4, -0.2) is 30.0 Å². The Kier molecular flexibility index (Phi) is 8.93. The summed E-state index contributed by atoms with van der Waals surface area (Å²) in [7, 11) is -4.62. The number of urea groups is 1. The van der Waals surface area contributed by atoms with Crippen molar-refractivity contribution in [2.45, 2.75) is 11.1 Å². The Balaban J connectivity index is 0.00000280. The van der Waals surface area contributed by atoms with Gasteiger partial charge in [0.05, 0.1) is 11.3 Å². The zero-order valence-electron chi connectivity index (χ0n) is 21.1. The minimum atomic E-state index is -4.62. The van der Waals surface area contributed by atoms with Crippen LogP contribution < -0.4 is 45.5 Å². The smallest absolute Gasteiger partial charge is 1.00 e. The molecule has 0 atom stereocenters. The van der Waals surface area contributed by atoms with E-state index >= 15 is 0 Å². The second-order valence-corrected chi connectivity index (χ2v) is 9.37. The quantitative estimate of drug-likeness (QED) is 0.185. The number of nitrogens with one attached hydrogen (secondary N) is 3. The molecule has 198 valence electrons. The number of phenolic OH excluding ortho intramolecular Hbond substituents is 1. The first-order chi connectivity index (χ1) is 17.8. The fourth-order valence-corrected chi connectivity index (χ4v) is 4.38. The average Bonchev–Trinajstić information content (AvgIpc) is 2.83. The standard InChI is InChI=1S/C25H18F3N3O6S.Na.H/c26-25(27,28)15-5-2-7-17(13-15)30-24(34)29-16-6-1-4-14(12-16)23(33)31-19-10-11-21(38(35,36)37)18-8-3-9-20(32)22(18)19;;/h1-13,32H,(H,31,33)(H2,29,30,34)(H,35,36,37);;/q;+1;-1. The van der Waals surface area contributed by atoms with Crippen molar-refractivity contribution in [3.05, 3.63) is 90.0 Å². The molecule has 0 radical (unpaired) electrons. The molecule has 4 aromatic carbocycles. The second kappa shape index (κ2) is 11.6. The number of hydrogen-bond acceptors (Lipinski definition) is 5. The van der Waals surface area contributed by atoms with Crippen LogP contribution in [0.2, 0.25) is 0 Å². The molecule has 0 heterocycles. The van der Waals surface area contributed by atoms with Crippen molar-refractivity contribution in [3.8, 4) is 5.75 Å². The monoisotopic (exact) mass is 569 g/mol. The number of benzene rings is 4. The second-order valence-electron chi connectivity index (χ2n) is 7.98. The Hall–Kier alpha value is -3.62. The number of fused-ring (bicyclic) bond motifs is 1. The molecule has 0 aromatic heterocycles. The minimum absolute atomic E-state index is 0. The maximum atomic E-state index is 12.9. The van der Waals surface area contributed by atoms with Crippen LogP contribution in [0.1, 0.15) is 17.3 Å². The third-order valence-electron chi connectivity index (χ3n) is 5.34. The summed E-state index contributed by atoms with van der Waals surface area (Å²) in [5, 5.41) is 17.5. The summed E-state index contributed by atoms with van der Waals surface area (Å²) in [5.74, 6) is -1.03. The molecule has 0 spiro atoms.